The molecule has 0 spiro atoms. The molecular weight excluding hydrogens is 286 g/mol. The number of rotatable bonds is 3. The number of alkyl halides is 1. The lowest BCUT2D eigenvalue weighted by atomic mass is 10.0. The van der Waals surface area contributed by atoms with Crippen molar-refractivity contribution in [1.82, 2.24) is 14.5 Å². The van der Waals surface area contributed by atoms with Crippen LogP contribution >= 0.6 is 11.6 Å². The minimum absolute atomic E-state index is 0.421. The van der Waals surface area contributed by atoms with Gasteiger partial charge in [0.1, 0.15) is 11.3 Å². The zero-order valence-electron chi connectivity index (χ0n) is 12.7. The van der Waals surface area contributed by atoms with Crippen molar-refractivity contribution in [2.45, 2.75) is 50.9 Å². The van der Waals surface area contributed by atoms with Gasteiger partial charge in [0.25, 0.3) is 0 Å². The Balaban J connectivity index is 2.05. The van der Waals surface area contributed by atoms with Crippen LogP contribution in [0.2, 0.25) is 0 Å². The molecule has 3 rings (SSSR count). The SMILES string of the molecule is COc1ccc2nc(CCl)n(C3CCCC(C)CC3)c2n1. The van der Waals surface area contributed by atoms with Crippen LogP contribution in [0, 0.1) is 5.92 Å². The molecule has 2 aromatic heterocycles. The highest BCUT2D eigenvalue weighted by molar-refractivity contribution is 6.16. The van der Waals surface area contributed by atoms with Crippen LogP contribution in [-0.2, 0) is 5.88 Å². The second kappa shape index (κ2) is 6.22. The van der Waals surface area contributed by atoms with Gasteiger partial charge >= 0.3 is 0 Å². The molecule has 1 aliphatic carbocycles. The van der Waals surface area contributed by atoms with Crippen LogP contribution in [0.25, 0.3) is 11.2 Å². The number of nitrogens with zero attached hydrogens (tertiary/aromatic N) is 3. The first-order valence-electron chi connectivity index (χ1n) is 7.70. The number of hydrogen-bond acceptors (Lipinski definition) is 3. The van der Waals surface area contributed by atoms with E-state index >= 15 is 0 Å². The fourth-order valence-electron chi connectivity index (χ4n) is 3.32. The summed E-state index contributed by atoms with van der Waals surface area (Å²) in [4.78, 5) is 9.25. The van der Waals surface area contributed by atoms with Gasteiger partial charge in [-0.1, -0.05) is 19.8 Å². The molecule has 114 valence electrons. The van der Waals surface area contributed by atoms with Gasteiger partial charge < -0.3 is 9.30 Å². The van der Waals surface area contributed by atoms with E-state index < -0.39 is 0 Å². The summed E-state index contributed by atoms with van der Waals surface area (Å²) in [6, 6.07) is 4.27. The Morgan fingerprint density at radius 2 is 2.10 bits per heavy atom. The van der Waals surface area contributed by atoms with Gasteiger partial charge in [-0.05, 0) is 31.2 Å². The molecule has 1 fully saturated rings. The topological polar surface area (TPSA) is 39.9 Å². The number of ether oxygens (including phenoxy) is 1. The summed E-state index contributed by atoms with van der Waals surface area (Å²) in [5, 5.41) is 0. The van der Waals surface area contributed by atoms with Gasteiger partial charge in [0.15, 0.2) is 5.65 Å². The Morgan fingerprint density at radius 3 is 2.86 bits per heavy atom. The summed E-state index contributed by atoms with van der Waals surface area (Å²) in [6.07, 6.45) is 6.19. The third-order valence-electron chi connectivity index (χ3n) is 4.51. The predicted molar refractivity (Wildman–Crippen MR) is 84.9 cm³/mol. The molecule has 0 N–H and O–H groups in total. The second-order valence-corrected chi connectivity index (χ2v) is 6.26. The van der Waals surface area contributed by atoms with Crippen molar-refractivity contribution in [3.05, 3.63) is 18.0 Å². The smallest absolute Gasteiger partial charge is 0.215 e. The third kappa shape index (κ3) is 2.86. The molecule has 2 aromatic rings. The van der Waals surface area contributed by atoms with E-state index in [4.69, 9.17) is 16.3 Å². The van der Waals surface area contributed by atoms with Crippen molar-refractivity contribution in [2.75, 3.05) is 7.11 Å². The Kier molecular flexibility index (Phi) is 4.34. The molecule has 2 heterocycles. The molecule has 0 aliphatic heterocycles. The molecule has 2 atom stereocenters. The molecule has 0 bridgehead atoms. The van der Waals surface area contributed by atoms with E-state index in [0.717, 1.165) is 22.9 Å². The maximum Gasteiger partial charge on any atom is 0.215 e. The number of halogens is 1. The van der Waals surface area contributed by atoms with Crippen molar-refractivity contribution in [3.63, 3.8) is 0 Å². The molecule has 2 unspecified atom stereocenters. The van der Waals surface area contributed by atoms with Crippen molar-refractivity contribution in [1.29, 1.82) is 0 Å². The maximum atomic E-state index is 6.12. The fourth-order valence-corrected chi connectivity index (χ4v) is 3.51. The summed E-state index contributed by atoms with van der Waals surface area (Å²) >= 11 is 6.12. The summed E-state index contributed by atoms with van der Waals surface area (Å²) in [7, 11) is 1.64. The van der Waals surface area contributed by atoms with E-state index in [0.29, 0.717) is 17.8 Å². The minimum Gasteiger partial charge on any atom is -0.481 e. The van der Waals surface area contributed by atoms with E-state index in [-0.39, 0.29) is 0 Å². The predicted octanol–water partition coefficient (Wildman–Crippen LogP) is 4.32. The number of methoxy groups -OCH3 is 1. The molecule has 0 aromatic carbocycles. The summed E-state index contributed by atoms with van der Waals surface area (Å²) in [5.41, 5.74) is 1.81. The molecule has 4 nitrogen and oxygen atoms in total. The first kappa shape index (κ1) is 14.6. The Labute approximate surface area is 130 Å². The van der Waals surface area contributed by atoms with Gasteiger partial charge in [0.2, 0.25) is 5.88 Å². The highest BCUT2D eigenvalue weighted by Crippen LogP contribution is 2.34. The Hall–Kier alpha value is -1.29. The van der Waals surface area contributed by atoms with Gasteiger partial charge in [0.05, 0.1) is 13.0 Å². The van der Waals surface area contributed by atoms with Crippen LogP contribution < -0.4 is 4.74 Å². The molecule has 1 aliphatic rings. The highest BCUT2D eigenvalue weighted by Gasteiger charge is 2.23. The van der Waals surface area contributed by atoms with Crippen molar-refractivity contribution < 1.29 is 4.74 Å². The zero-order chi connectivity index (χ0) is 14.8. The van der Waals surface area contributed by atoms with Crippen LogP contribution in [0.5, 0.6) is 5.88 Å². The standard InChI is InChI=1S/C16H22ClN3O/c1-11-4-3-5-12(7-6-11)20-14(10-17)18-13-8-9-15(21-2)19-16(13)20/h8-9,11-12H,3-7,10H2,1-2H3. The molecule has 0 radical (unpaired) electrons. The van der Waals surface area contributed by atoms with Gasteiger partial charge in [0, 0.05) is 12.1 Å². The first-order valence-corrected chi connectivity index (χ1v) is 8.24. The molecular formula is C16H22ClN3O. The number of pyridine rings is 1. The van der Waals surface area contributed by atoms with Crippen molar-refractivity contribution in [3.8, 4) is 5.88 Å². The fraction of sp³-hybridized carbons (Fsp3) is 0.625. The molecule has 21 heavy (non-hydrogen) atoms. The van der Waals surface area contributed by atoms with Crippen LogP contribution in [-0.4, -0.2) is 21.6 Å². The quantitative estimate of drug-likeness (QED) is 0.626. The molecule has 1 saturated carbocycles. The van der Waals surface area contributed by atoms with E-state index in [1.165, 1.54) is 32.1 Å². The lowest BCUT2D eigenvalue weighted by molar-refractivity contribution is 0.396. The van der Waals surface area contributed by atoms with E-state index in [1.54, 1.807) is 7.11 Å². The molecule has 0 saturated heterocycles. The van der Waals surface area contributed by atoms with Gasteiger partial charge in [-0.25, -0.2) is 4.98 Å². The lowest BCUT2D eigenvalue weighted by Crippen LogP contribution is -2.12. The zero-order valence-corrected chi connectivity index (χ0v) is 13.4. The molecule has 5 heteroatoms. The van der Waals surface area contributed by atoms with Crippen molar-refractivity contribution in [2.24, 2.45) is 5.92 Å². The number of aromatic nitrogens is 3. The van der Waals surface area contributed by atoms with Crippen LogP contribution in [0.1, 0.15) is 50.9 Å². The van der Waals surface area contributed by atoms with E-state index in [9.17, 15) is 0 Å². The summed E-state index contributed by atoms with van der Waals surface area (Å²) < 4.78 is 7.52. The Bertz CT molecular complexity index is 625. The monoisotopic (exact) mass is 307 g/mol. The van der Waals surface area contributed by atoms with Crippen LogP contribution in [0.4, 0.5) is 0 Å². The number of imidazole rings is 1. The molecule has 0 amide bonds. The first-order chi connectivity index (χ1) is 10.2. The van der Waals surface area contributed by atoms with E-state index in [1.807, 2.05) is 12.1 Å². The summed E-state index contributed by atoms with van der Waals surface area (Å²) in [6.45, 7) is 2.35. The third-order valence-corrected chi connectivity index (χ3v) is 4.74. The van der Waals surface area contributed by atoms with Crippen LogP contribution in [0.15, 0.2) is 12.1 Å². The van der Waals surface area contributed by atoms with E-state index in [2.05, 4.69) is 21.5 Å². The Morgan fingerprint density at radius 1 is 1.24 bits per heavy atom. The van der Waals surface area contributed by atoms with Gasteiger partial charge in [-0.15, -0.1) is 11.6 Å². The summed E-state index contributed by atoms with van der Waals surface area (Å²) in [5.74, 6) is 2.79. The largest absolute Gasteiger partial charge is 0.481 e. The lowest BCUT2D eigenvalue weighted by Gasteiger charge is -2.19. The minimum atomic E-state index is 0.421. The maximum absolute atomic E-state index is 6.12. The average Bonchev–Trinajstić information content (AvgIpc) is 2.74. The average molecular weight is 308 g/mol. The highest BCUT2D eigenvalue weighted by atomic mass is 35.5. The van der Waals surface area contributed by atoms with Gasteiger partial charge in [-0.2, -0.15) is 4.98 Å². The number of hydrogen-bond donors (Lipinski definition) is 0. The van der Waals surface area contributed by atoms with Gasteiger partial charge in [-0.3, -0.25) is 0 Å². The van der Waals surface area contributed by atoms with Crippen LogP contribution in [0.3, 0.4) is 0 Å². The second-order valence-electron chi connectivity index (χ2n) is 6.00. The normalized spacial score (nSPS) is 23.2. The van der Waals surface area contributed by atoms with Crippen molar-refractivity contribution >= 4 is 22.8 Å². The number of fused-ring (bicyclic) bond motifs is 1.